The normalized spacial score (nSPS) is 13.5. The Bertz CT molecular complexity index is 1150. The Labute approximate surface area is 182 Å². The Morgan fingerprint density at radius 1 is 1.47 bits per heavy atom. The molecule has 3 N–H and O–H groups in total. The lowest BCUT2D eigenvalue weighted by atomic mass is 9.94. The number of hydrogen-bond acceptors (Lipinski definition) is 5. The molecule has 0 unspecified atom stereocenters. The van der Waals surface area contributed by atoms with Crippen molar-refractivity contribution in [1.29, 1.82) is 0 Å². The monoisotopic (exact) mass is 446 g/mol. The van der Waals surface area contributed by atoms with Crippen LogP contribution in [0.2, 0.25) is 5.02 Å². The van der Waals surface area contributed by atoms with E-state index in [-0.39, 0.29) is 22.4 Å². The van der Waals surface area contributed by atoms with Gasteiger partial charge in [0, 0.05) is 40.3 Å². The van der Waals surface area contributed by atoms with Crippen LogP contribution in [0.5, 0.6) is 5.75 Å². The number of rotatable bonds is 5. The fraction of sp³-hybridized carbons (Fsp3) is 0.350. The minimum atomic E-state index is -1.02. The van der Waals surface area contributed by atoms with E-state index in [0.29, 0.717) is 28.4 Å². The van der Waals surface area contributed by atoms with E-state index in [1.165, 1.54) is 13.1 Å². The first kappa shape index (κ1) is 22.0. The van der Waals surface area contributed by atoms with Crippen molar-refractivity contribution >= 4 is 39.1 Å². The van der Waals surface area contributed by atoms with Gasteiger partial charge in [-0.25, -0.2) is 14.4 Å². The highest BCUT2D eigenvalue weighted by molar-refractivity contribution is 6.31. The van der Waals surface area contributed by atoms with E-state index >= 15 is 0 Å². The molecule has 3 radical (unpaired) electrons. The number of halogens is 2. The van der Waals surface area contributed by atoms with Crippen LogP contribution in [0.3, 0.4) is 0 Å². The SMILES string of the molecule is CNC(=O)c1c(F)c(Cl)cc([C@](C)([Si])c2nc(C)c3c(N)nccn23)c1OC(C)C. The van der Waals surface area contributed by atoms with Crippen molar-refractivity contribution in [3.05, 3.63) is 51.9 Å². The fourth-order valence-electron chi connectivity index (χ4n) is 3.38. The van der Waals surface area contributed by atoms with Gasteiger partial charge in [0.25, 0.3) is 5.91 Å². The van der Waals surface area contributed by atoms with E-state index in [4.69, 9.17) is 22.1 Å². The largest absolute Gasteiger partial charge is 0.490 e. The number of nitrogens with one attached hydrogen (secondary N) is 1. The third-order valence-electron chi connectivity index (χ3n) is 4.72. The van der Waals surface area contributed by atoms with Crippen LogP contribution in [0.1, 0.15) is 48.2 Å². The molecule has 30 heavy (non-hydrogen) atoms. The van der Waals surface area contributed by atoms with E-state index < -0.39 is 16.8 Å². The lowest BCUT2D eigenvalue weighted by molar-refractivity contribution is 0.0952. The number of nitrogen functional groups attached to an aromatic ring is 1. The van der Waals surface area contributed by atoms with Crippen molar-refractivity contribution in [1.82, 2.24) is 19.7 Å². The summed E-state index contributed by atoms with van der Waals surface area (Å²) in [5, 5.41) is 1.22. The predicted octanol–water partition coefficient (Wildman–Crippen LogP) is 2.99. The molecule has 1 amide bonds. The van der Waals surface area contributed by atoms with E-state index in [9.17, 15) is 9.18 Å². The molecule has 2 heterocycles. The van der Waals surface area contributed by atoms with Gasteiger partial charge >= 0.3 is 0 Å². The maximum atomic E-state index is 14.9. The van der Waals surface area contributed by atoms with E-state index in [1.807, 2.05) is 13.8 Å². The topological polar surface area (TPSA) is 94.5 Å². The van der Waals surface area contributed by atoms with Gasteiger partial charge in [0.1, 0.15) is 28.5 Å². The molecule has 0 aliphatic rings. The lowest BCUT2D eigenvalue weighted by Crippen LogP contribution is -2.31. The molecule has 0 spiro atoms. The number of carbonyl (C=O) groups is 1. The van der Waals surface area contributed by atoms with E-state index in [1.54, 1.807) is 30.6 Å². The van der Waals surface area contributed by atoms with Gasteiger partial charge in [-0.05, 0) is 26.8 Å². The van der Waals surface area contributed by atoms with Crippen LogP contribution in [0.25, 0.3) is 5.52 Å². The van der Waals surface area contributed by atoms with Gasteiger partial charge in [0.2, 0.25) is 0 Å². The van der Waals surface area contributed by atoms with Crippen LogP contribution < -0.4 is 15.8 Å². The molecule has 7 nitrogen and oxygen atoms in total. The number of fused-ring (bicyclic) bond motifs is 1. The van der Waals surface area contributed by atoms with E-state index in [0.717, 1.165) is 0 Å². The van der Waals surface area contributed by atoms with Crippen LogP contribution >= 0.6 is 11.6 Å². The molecule has 157 valence electrons. The van der Waals surface area contributed by atoms with E-state index in [2.05, 4.69) is 25.5 Å². The summed E-state index contributed by atoms with van der Waals surface area (Å²) in [6.45, 7) is 7.21. The number of aryl methyl sites for hydroxylation is 1. The maximum Gasteiger partial charge on any atom is 0.257 e. The number of ether oxygens (including phenoxy) is 1. The molecule has 0 fully saturated rings. The summed E-state index contributed by atoms with van der Waals surface area (Å²) in [6, 6.07) is 1.44. The van der Waals surface area contributed by atoms with Gasteiger partial charge in [0.15, 0.2) is 5.82 Å². The van der Waals surface area contributed by atoms with Crippen molar-refractivity contribution < 1.29 is 13.9 Å². The Hall–Kier alpha value is -2.65. The predicted molar refractivity (Wildman–Crippen MR) is 115 cm³/mol. The van der Waals surface area contributed by atoms with Crippen LogP contribution in [0.4, 0.5) is 10.2 Å². The summed E-state index contributed by atoms with van der Waals surface area (Å²) in [4.78, 5) is 21.3. The van der Waals surface area contributed by atoms with Crippen molar-refractivity contribution in [2.45, 2.75) is 38.8 Å². The maximum absolute atomic E-state index is 14.9. The summed E-state index contributed by atoms with van der Waals surface area (Å²) in [7, 11) is 5.20. The average molecular weight is 447 g/mol. The molecule has 1 aromatic carbocycles. The number of nitrogens with two attached hydrogens (primary N) is 1. The first-order valence-electron chi connectivity index (χ1n) is 9.26. The molecule has 2 aromatic heterocycles. The number of carbonyl (C=O) groups excluding carboxylic acids is 1. The molecule has 0 aliphatic carbocycles. The smallest absolute Gasteiger partial charge is 0.257 e. The average Bonchev–Trinajstić information content (AvgIpc) is 3.02. The molecule has 3 rings (SSSR count). The van der Waals surface area contributed by atoms with Gasteiger partial charge < -0.3 is 15.8 Å². The molecule has 3 aromatic rings. The number of benzene rings is 1. The number of amides is 1. The van der Waals surface area contributed by atoms with Gasteiger partial charge in [-0.3, -0.25) is 9.20 Å². The Balaban J connectivity index is 2.38. The first-order valence-corrected chi connectivity index (χ1v) is 10.1. The second-order valence-corrected chi connectivity index (χ2v) is 8.75. The van der Waals surface area contributed by atoms with Crippen molar-refractivity contribution in [3.8, 4) is 5.75 Å². The lowest BCUT2D eigenvalue weighted by Gasteiger charge is -2.29. The summed E-state index contributed by atoms with van der Waals surface area (Å²) in [6.07, 6.45) is 2.97. The fourth-order valence-corrected chi connectivity index (χ4v) is 3.95. The zero-order chi connectivity index (χ0) is 22.4. The van der Waals surface area contributed by atoms with Crippen molar-refractivity contribution in [2.24, 2.45) is 0 Å². The van der Waals surface area contributed by atoms with Crippen molar-refractivity contribution in [3.63, 3.8) is 0 Å². The molecular weight excluding hydrogens is 425 g/mol. The Morgan fingerprint density at radius 2 is 2.13 bits per heavy atom. The summed E-state index contributed by atoms with van der Waals surface area (Å²) in [5.41, 5.74) is 7.54. The zero-order valence-corrected chi connectivity index (χ0v) is 19.1. The molecule has 0 bridgehead atoms. The molecule has 10 heteroatoms. The highest BCUT2D eigenvalue weighted by Gasteiger charge is 2.36. The zero-order valence-electron chi connectivity index (χ0n) is 17.3. The second kappa shape index (κ2) is 7.88. The molecule has 0 saturated heterocycles. The minimum absolute atomic E-state index is 0.0835. The summed E-state index contributed by atoms with van der Waals surface area (Å²) >= 11 is 6.18. The molecule has 0 aliphatic heterocycles. The van der Waals surface area contributed by atoms with Crippen LogP contribution in [0.15, 0.2) is 18.5 Å². The van der Waals surface area contributed by atoms with Crippen LogP contribution in [-0.2, 0) is 5.04 Å². The van der Waals surface area contributed by atoms with Crippen LogP contribution in [-0.4, -0.2) is 43.7 Å². The third-order valence-corrected chi connectivity index (χ3v) is 5.49. The number of imidazole rings is 1. The first-order chi connectivity index (χ1) is 14.0. The Kier molecular flexibility index (Phi) is 5.79. The Morgan fingerprint density at radius 3 is 2.73 bits per heavy atom. The molecule has 1 atom stereocenters. The number of aromatic nitrogens is 3. The highest BCUT2D eigenvalue weighted by Crippen LogP contribution is 2.41. The minimum Gasteiger partial charge on any atom is -0.490 e. The quantitative estimate of drug-likeness (QED) is 0.587. The van der Waals surface area contributed by atoms with Crippen LogP contribution in [0, 0.1) is 12.7 Å². The van der Waals surface area contributed by atoms with Gasteiger partial charge in [-0.15, -0.1) is 0 Å². The number of hydrogen-bond donors (Lipinski definition) is 2. The summed E-state index contributed by atoms with van der Waals surface area (Å²) < 4.78 is 22.6. The van der Waals surface area contributed by atoms with Gasteiger partial charge in [-0.2, -0.15) is 0 Å². The third kappa shape index (κ3) is 3.52. The van der Waals surface area contributed by atoms with Gasteiger partial charge in [0.05, 0.1) is 16.8 Å². The second-order valence-electron chi connectivity index (χ2n) is 7.35. The summed E-state index contributed by atoms with van der Waals surface area (Å²) in [5.74, 6) is -0.541. The standard InChI is InChI=1S/C20H22ClFN5O2Si/c1-9(2)29-16-11(8-12(21)14(22)13(16)18(28)24-5)20(4,30)19-26-10(3)15-17(23)25-6-7-27(15)19/h6-9H,1-5H3,(H2,23,25)(H,24,28)/t20-/m0/s1. The highest BCUT2D eigenvalue weighted by atomic mass is 35.5. The molecular formula is C20H22ClFN5O2Si. The van der Waals surface area contributed by atoms with Crippen molar-refractivity contribution in [2.75, 3.05) is 12.8 Å². The number of nitrogens with zero attached hydrogens (tertiary/aromatic N) is 3. The van der Waals surface area contributed by atoms with Gasteiger partial charge in [-0.1, -0.05) is 18.5 Å². The molecule has 0 saturated carbocycles. The number of anilines is 1.